The molecule has 1 aliphatic heterocycles. The van der Waals surface area contributed by atoms with E-state index in [1.807, 2.05) is 43.9 Å². The number of anilines is 2. The van der Waals surface area contributed by atoms with Crippen LogP contribution in [0.2, 0.25) is 0 Å². The summed E-state index contributed by atoms with van der Waals surface area (Å²) in [6, 6.07) is 7.61. The first kappa shape index (κ1) is 13.5. The van der Waals surface area contributed by atoms with Crippen LogP contribution in [0.25, 0.3) is 0 Å². The van der Waals surface area contributed by atoms with Gasteiger partial charge in [0.1, 0.15) is 0 Å². The Morgan fingerprint density at radius 2 is 2.05 bits per heavy atom. The van der Waals surface area contributed by atoms with Crippen LogP contribution in [-0.2, 0) is 6.42 Å². The van der Waals surface area contributed by atoms with E-state index in [0.29, 0.717) is 11.3 Å². The maximum absolute atomic E-state index is 12.9. The molecule has 1 unspecified atom stereocenters. The molecule has 0 aliphatic carbocycles. The number of carbonyl (C=O) groups is 1. The fourth-order valence-electron chi connectivity index (χ4n) is 2.86. The molecule has 0 radical (unpaired) electrons. The van der Waals surface area contributed by atoms with Crippen LogP contribution in [-0.4, -0.2) is 22.1 Å². The van der Waals surface area contributed by atoms with Gasteiger partial charge in [-0.15, -0.1) is 0 Å². The quantitative estimate of drug-likeness (QED) is 0.814. The summed E-state index contributed by atoms with van der Waals surface area (Å²) in [7, 11) is 0. The number of benzene rings is 1. The van der Waals surface area contributed by atoms with Crippen molar-refractivity contribution in [3.05, 3.63) is 46.8 Å². The van der Waals surface area contributed by atoms with Gasteiger partial charge in [0.2, 0.25) is 0 Å². The van der Waals surface area contributed by atoms with Crippen LogP contribution >= 0.6 is 0 Å². The highest BCUT2D eigenvalue weighted by Gasteiger charge is 2.32. The molecule has 21 heavy (non-hydrogen) atoms. The minimum Gasteiger partial charge on any atom is -0.399 e. The van der Waals surface area contributed by atoms with Gasteiger partial charge in [0, 0.05) is 17.4 Å². The van der Waals surface area contributed by atoms with E-state index in [0.717, 1.165) is 29.1 Å². The summed E-state index contributed by atoms with van der Waals surface area (Å²) in [5, 5.41) is 8.03. The van der Waals surface area contributed by atoms with Gasteiger partial charge in [0.15, 0.2) is 0 Å². The van der Waals surface area contributed by atoms with Crippen molar-refractivity contribution in [1.29, 1.82) is 0 Å². The molecule has 0 bridgehead atoms. The third-order valence-electron chi connectivity index (χ3n) is 3.87. The van der Waals surface area contributed by atoms with Crippen molar-refractivity contribution in [2.24, 2.45) is 0 Å². The van der Waals surface area contributed by atoms with Crippen LogP contribution in [0.3, 0.4) is 0 Å². The van der Waals surface area contributed by atoms with E-state index in [4.69, 9.17) is 5.73 Å². The van der Waals surface area contributed by atoms with Crippen LogP contribution < -0.4 is 10.6 Å². The topological polar surface area (TPSA) is 72.1 Å². The zero-order valence-electron chi connectivity index (χ0n) is 12.4. The Bertz CT molecular complexity index is 726. The number of nitrogens with zero attached hydrogens (tertiary/aromatic N) is 3. The number of amides is 1. The Morgan fingerprint density at radius 3 is 2.81 bits per heavy atom. The maximum atomic E-state index is 12.9. The number of carbonyl (C=O) groups excluding carboxylic acids is 1. The Labute approximate surface area is 123 Å². The summed E-state index contributed by atoms with van der Waals surface area (Å²) in [5.74, 6) is -0.0264. The lowest BCUT2D eigenvalue weighted by Crippen LogP contribution is -2.36. The van der Waals surface area contributed by atoms with Crippen molar-refractivity contribution in [3.63, 3.8) is 0 Å². The number of nitrogen functional groups attached to an aromatic ring is 1. The van der Waals surface area contributed by atoms with Crippen LogP contribution in [0, 0.1) is 13.8 Å². The van der Waals surface area contributed by atoms with E-state index in [9.17, 15) is 4.79 Å². The molecule has 2 aromatic rings. The molecule has 1 amide bonds. The second-order valence-electron chi connectivity index (χ2n) is 5.60. The molecule has 0 fully saturated rings. The molecular formula is C16H18N4O. The van der Waals surface area contributed by atoms with Gasteiger partial charge in [0.05, 0.1) is 17.0 Å². The first-order valence-electron chi connectivity index (χ1n) is 7.00. The van der Waals surface area contributed by atoms with Gasteiger partial charge in [-0.1, -0.05) is 0 Å². The van der Waals surface area contributed by atoms with E-state index in [1.165, 1.54) is 0 Å². The Kier molecular flexibility index (Phi) is 3.12. The first-order chi connectivity index (χ1) is 9.97. The summed E-state index contributed by atoms with van der Waals surface area (Å²) in [4.78, 5) is 14.7. The summed E-state index contributed by atoms with van der Waals surface area (Å²) < 4.78 is 0. The predicted molar refractivity (Wildman–Crippen MR) is 82.3 cm³/mol. The summed E-state index contributed by atoms with van der Waals surface area (Å²) in [6.45, 7) is 5.69. The molecule has 3 rings (SSSR count). The summed E-state index contributed by atoms with van der Waals surface area (Å²) in [6.07, 6.45) is 0.822. The van der Waals surface area contributed by atoms with E-state index < -0.39 is 0 Å². The lowest BCUT2D eigenvalue weighted by atomic mass is 10.1. The largest absolute Gasteiger partial charge is 0.399 e. The number of hydrogen-bond acceptors (Lipinski definition) is 4. The van der Waals surface area contributed by atoms with Crippen molar-refractivity contribution >= 4 is 17.3 Å². The Morgan fingerprint density at radius 1 is 1.29 bits per heavy atom. The molecule has 0 spiro atoms. The van der Waals surface area contributed by atoms with Gasteiger partial charge < -0.3 is 10.6 Å². The fourth-order valence-corrected chi connectivity index (χ4v) is 2.86. The predicted octanol–water partition coefficient (Wildman–Crippen LogP) is 2.27. The van der Waals surface area contributed by atoms with Crippen LogP contribution in [0.4, 0.5) is 11.4 Å². The molecular weight excluding hydrogens is 264 g/mol. The Hall–Kier alpha value is -2.43. The molecule has 1 aromatic carbocycles. The highest BCUT2D eigenvalue weighted by molar-refractivity contribution is 6.08. The molecule has 5 heteroatoms. The third kappa shape index (κ3) is 2.24. The maximum Gasteiger partial charge on any atom is 0.260 e. The first-order valence-corrected chi connectivity index (χ1v) is 7.00. The lowest BCUT2D eigenvalue weighted by Gasteiger charge is -2.23. The fraction of sp³-hybridized carbons (Fsp3) is 0.312. The number of aryl methyl sites for hydroxylation is 2. The number of nitrogens with two attached hydrogens (primary N) is 1. The standard InChI is InChI=1S/C16H18N4O/c1-9-6-14(11(3)19-18-9)16(21)20-10(2)7-12-8-13(17)4-5-15(12)20/h4-6,8,10H,7,17H2,1-3H3. The monoisotopic (exact) mass is 282 g/mol. The summed E-state index contributed by atoms with van der Waals surface area (Å²) >= 11 is 0. The zero-order chi connectivity index (χ0) is 15.1. The highest BCUT2D eigenvalue weighted by atomic mass is 16.2. The van der Waals surface area contributed by atoms with Crippen molar-refractivity contribution in [2.75, 3.05) is 10.6 Å². The van der Waals surface area contributed by atoms with Gasteiger partial charge >= 0.3 is 0 Å². The van der Waals surface area contributed by atoms with E-state index in [1.54, 1.807) is 6.07 Å². The van der Waals surface area contributed by atoms with E-state index in [2.05, 4.69) is 10.2 Å². The number of hydrogen-bond donors (Lipinski definition) is 1. The van der Waals surface area contributed by atoms with Crippen LogP contribution in [0.5, 0.6) is 0 Å². The molecule has 1 aromatic heterocycles. The average Bonchev–Trinajstić information content (AvgIpc) is 2.75. The normalized spacial score (nSPS) is 16.9. The molecule has 1 aliphatic rings. The van der Waals surface area contributed by atoms with Gasteiger partial charge in [-0.3, -0.25) is 4.79 Å². The lowest BCUT2D eigenvalue weighted by molar-refractivity contribution is 0.0980. The second-order valence-corrected chi connectivity index (χ2v) is 5.60. The van der Waals surface area contributed by atoms with Crippen molar-refractivity contribution < 1.29 is 4.79 Å². The highest BCUT2D eigenvalue weighted by Crippen LogP contribution is 2.34. The number of rotatable bonds is 1. The van der Waals surface area contributed by atoms with E-state index in [-0.39, 0.29) is 11.9 Å². The molecule has 108 valence electrons. The summed E-state index contributed by atoms with van der Waals surface area (Å²) in [5.41, 5.74) is 10.6. The van der Waals surface area contributed by atoms with Gasteiger partial charge in [0.25, 0.3) is 5.91 Å². The smallest absolute Gasteiger partial charge is 0.260 e. The minimum atomic E-state index is -0.0264. The SMILES string of the molecule is Cc1cc(C(=O)N2c3ccc(N)cc3CC2C)c(C)nn1. The molecule has 0 saturated heterocycles. The van der Waals surface area contributed by atoms with Crippen molar-refractivity contribution in [1.82, 2.24) is 10.2 Å². The van der Waals surface area contributed by atoms with Gasteiger partial charge in [-0.25, -0.2) is 0 Å². The van der Waals surface area contributed by atoms with Crippen LogP contribution in [0.15, 0.2) is 24.3 Å². The zero-order valence-corrected chi connectivity index (χ0v) is 12.4. The second kappa shape index (κ2) is 4.84. The molecule has 1 atom stereocenters. The number of aromatic nitrogens is 2. The molecule has 2 heterocycles. The molecule has 2 N–H and O–H groups in total. The average molecular weight is 282 g/mol. The molecule has 5 nitrogen and oxygen atoms in total. The van der Waals surface area contributed by atoms with E-state index >= 15 is 0 Å². The number of fused-ring (bicyclic) bond motifs is 1. The minimum absolute atomic E-state index is 0.0264. The van der Waals surface area contributed by atoms with Crippen LogP contribution in [0.1, 0.15) is 34.2 Å². The van der Waals surface area contributed by atoms with Gasteiger partial charge in [-0.05, 0) is 57.0 Å². The van der Waals surface area contributed by atoms with Gasteiger partial charge in [-0.2, -0.15) is 10.2 Å². The Balaban J connectivity index is 2.05. The molecule has 0 saturated carbocycles. The van der Waals surface area contributed by atoms with Crippen molar-refractivity contribution in [2.45, 2.75) is 33.2 Å². The van der Waals surface area contributed by atoms with Crippen molar-refractivity contribution in [3.8, 4) is 0 Å². The third-order valence-corrected chi connectivity index (χ3v) is 3.87.